The highest BCUT2D eigenvalue weighted by molar-refractivity contribution is 5.87. The highest BCUT2D eigenvalue weighted by Gasteiger charge is 2.17. The highest BCUT2D eigenvalue weighted by atomic mass is 16.5. The number of aromatic carboxylic acids is 1. The van der Waals surface area contributed by atoms with E-state index in [0.717, 1.165) is 6.42 Å². The fourth-order valence-corrected chi connectivity index (χ4v) is 2.12. The number of carbonyl (C=O) groups is 1. The summed E-state index contributed by atoms with van der Waals surface area (Å²) < 4.78 is 12.0. The Hall–Kier alpha value is -2.50. The molecule has 0 aliphatic heterocycles. The summed E-state index contributed by atoms with van der Waals surface area (Å²) in [5.74, 6) is 0.283. The number of carboxylic acids is 1. The van der Waals surface area contributed by atoms with E-state index in [-0.39, 0.29) is 5.69 Å². The Morgan fingerprint density at radius 3 is 2.62 bits per heavy atom. The first-order valence-electron chi connectivity index (χ1n) is 6.64. The van der Waals surface area contributed by atoms with Gasteiger partial charge in [0.05, 0.1) is 19.9 Å². The molecule has 0 radical (unpaired) electrons. The van der Waals surface area contributed by atoms with E-state index in [1.165, 1.54) is 4.68 Å². The Kier molecular flexibility index (Phi) is 4.47. The topological polar surface area (TPSA) is 73.6 Å². The second-order valence-electron chi connectivity index (χ2n) is 4.51. The third kappa shape index (κ3) is 2.99. The molecule has 0 saturated heterocycles. The van der Waals surface area contributed by atoms with Crippen LogP contribution in [-0.4, -0.2) is 35.1 Å². The Bertz CT molecular complexity index is 649. The summed E-state index contributed by atoms with van der Waals surface area (Å²) in [5, 5.41) is 13.6. The molecule has 0 fully saturated rings. The zero-order chi connectivity index (χ0) is 15.4. The van der Waals surface area contributed by atoms with Crippen LogP contribution in [0.25, 0.3) is 11.3 Å². The van der Waals surface area contributed by atoms with Crippen molar-refractivity contribution in [2.24, 2.45) is 0 Å². The molecule has 2 rings (SSSR count). The molecule has 0 aliphatic rings. The summed E-state index contributed by atoms with van der Waals surface area (Å²) in [4.78, 5) is 11.3. The summed E-state index contributed by atoms with van der Waals surface area (Å²) in [6.07, 6.45) is 0.802. The molecule has 1 N–H and O–H groups in total. The maximum absolute atomic E-state index is 11.3. The number of benzene rings is 1. The minimum Gasteiger partial charge on any atom is -0.497 e. The van der Waals surface area contributed by atoms with Crippen molar-refractivity contribution in [2.75, 3.05) is 14.2 Å². The Morgan fingerprint density at radius 2 is 2.05 bits per heavy atom. The third-order valence-electron chi connectivity index (χ3n) is 3.12. The number of methoxy groups -OCH3 is 2. The lowest BCUT2D eigenvalue weighted by Crippen LogP contribution is -2.09. The van der Waals surface area contributed by atoms with E-state index in [1.54, 1.807) is 38.5 Å². The second kappa shape index (κ2) is 6.30. The van der Waals surface area contributed by atoms with Crippen LogP contribution in [0.4, 0.5) is 0 Å². The molecule has 1 heterocycles. The molecule has 112 valence electrons. The molecule has 0 atom stereocenters. The lowest BCUT2D eigenvalue weighted by molar-refractivity contribution is 0.0683. The molecule has 1 aromatic carbocycles. The van der Waals surface area contributed by atoms with Crippen LogP contribution in [-0.2, 0) is 6.54 Å². The number of ether oxygens (including phenoxy) is 2. The standard InChI is InChI=1S/C15H18N2O4/c1-4-7-17-13(15(18)19)9-12(16-17)11-8-10(20-2)5-6-14(11)21-3/h5-6,8-9H,4,7H2,1-3H3,(H,18,19). The van der Waals surface area contributed by atoms with Gasteiger partial charge in [0.1, 0.15) is 17.2 Å². The molecule has 6 nitrogen and oxygen atoms in total. The first-order valence-corrected chi connectivity index (χ1v) is 6.64. The van der Waals surface area contributed by atoms with Crippen LogP contribution < -0.4 is 9.47 Å². The quantitative estimate of drug-likeness (QED) is 0.885. The van der Waals surface area contributed by atoms with Crippen molar-refractivity contribution in [1.82, 2.24) is 9.78 Å². The Labute approximate surface area is 122 Å². The monoisotopic (exact) mass is 290 g/mol. The van der Waals surface area contributed by atoms with Gasteiger partial charge in [0.15, 0.2) is 0 Å². The predicted molar refractivity (Wildman–Crippen MR) is 78.0 cm³/mol. The van der Waals surface area contributed by atoms with Gasteiger partial charge >= 0.3 is 5.97 Å². The average molecular weight is 290 g/mol. The maximum atomic E-state index is 11.3. The number of hydrogen-bond donors (Lipinski definition) is 1. The molecule has 0 saturated carbocycles. The summed E-state index contributed by atoms with van der Waals surface area (Å²) in [6.45, 7) is 2.52. The van der Waals surface area contributed by atoms with Crippen molar-refractivity contribution >= 4 is 5.97 Å². The van der Waals surface area contributed by atoms with Gasteiger partial charge in [0.2, 0.25) is 0 Å². The summed E-state index contributed by atoms with van der Waals surface area (Å²) in [5.41, 5.74) is 1.42. The fraction of sp³-hybridized carbons (Fsp3) is 0.333. The lowest BCUT2D eigenvalue weighted by atomic mass is 10.1. The van der Waals surface area contributed by atoms with Gasteiger partial charge in [-0.25, -0.2) is 4.79 Å². The minimum atomic E-state index is -0.996. The van der Waals surface area contributed by atoms with Crippen molar-refractivity contribution in [3.8, 4) is 22.8 Å². The molecule has 2 aromatic rings. The van der Waals surface area contributed by atoms with Crippen molar-refractivity contribution < 1.29 is 19.4 Å². The van der Waals surface area contributed by atoms with Gasteiger partial charge in [-0.1, -0.05) is 6.92 Å². The van der Waals surface area contributed by atoms with Crippen molar-refractivity contribution in [2.45, 2.75) is 19.9 Å². The molecule has 1 aromatic heterocycles. The predicted octanol–water partition coefficient (Wildman–Crippen LogP) is 2.68. The van der Waals surface area contributed by atoms with Crippen molar-refractivity contribution in [3.63, 3.8) is 0 Å². The van der Waals surface area contributed by atoms with Gasteiger partial charge in [0, 0.05) is 12.1 Å². The first kappa shape index (κ1) is 14.9. The molecular formula is C15H18N2O4. The van der Waals surface area contributed by atoms with E-state index in [9.17, 15) is 9.90 Å². The largest absolute Gasteiger partial charge is 0.497 e. The molecule has 0 amide bonds. The number of hydrogen-bond acceptors (Lipinski definition) is 4. The molecular weight excluding hydrogens is 272 g/mol. The van der Waals surface area contributed by atoms with Crippen LogP contribution in [0.2, 0.25) is 0 Å². The Morgan fingerprint density at radius 1 is 1.29 bits per heavy atom. The summed E-state index contributed by atoms with van der Waals surface area (Å²) >= 11 is 0. The molecule has 0 spiro atoms. The maximum Gasteiger partial charge on any atom is 0.354 e. The molecule has 0 aliphatic carbocycles. The zero-order valence-electron chi connectivity index (χ0n) is 12.3. The van der Waals surface area contributed by atoms with E-state index in [4.69, 9.17) is 9.47 Å². The number of rotatable bonds is 6. The van der Waals surface area contributed by atoms with E-state index < -0.39 is 5.97 Å². The third-order valence-corrected chi connectivity index (χ3v) is 3.12. The van der Waals surface area contributed by atoms with Crippen LogP contribution >= 0.6 is 0 Å². The summed E-state index contributed by atoms with van der Waals surface area (Å²) in [6, 6.07) is 6.88. The van der Waals surface area contributed by atoms with Gasteiger partial charge in [-0.05, 0) is 30.7 Å². The zero-order valence-corrected chi connectivity index (χ0v) is 12.3. The molecule has 6 heteroatoms. The van der Waals surface area contributed by atoms with Gasteiger partial charge in [-0.15, -0.1) is 0 Å². The highest BCUT2D eigenvalue weighted by Crippen LogP contribution is 2.33. The van der Waals surface area contributed by atoms with Crippen molar-refractivity contribution in [1.29, 1.82) is 0 Å². The smallest absolute Gasteiger partial charge is 0.354 e. The fourth-order valence-electron chi connectivity index (χ4n) is 2.12. The van der Waals surface area contributed by atoms with E-state index >= 15 is 0 Å². The molecule has 0 bridgehead atoms. The van der Waals surface area contributed by atoms with Crippen LogP contribution in [0.15, 0.2) is 24.3 Å². The number of aryl methyl sites for hydroxylation is 1. The Balaban J connectivity index is 2.55. The number of aromatic nitrogens is 2. The normalized spacial score (nSPS) is 10.4. The van der Waals surface area contributed by atoms with Crippen molar-refractivity contribution in [3.05, 3.63) is 30.0 Å². The van der Waals surface area contributed by atoms with Crippen LogP contribution in [0.5, 0.6) is 11.5 Å². The minimum absolute atomic E-state index is 0.164. The van der Waals surface area contributed by atoms with Gasteiger partial charge < -0.3 is 14.6 Å². The van der Waals surface area contributed by atoms with Crippen LogP contribution in [0.1, 0.15) is 23.8 Å². The number of nitrogens with zero attached hydrogens (tertiary/aromatic N) is 2. The van der Waals surface area contributed by atoms with Crippen LogP contribution in [0, 0.1) is 0 Å². The van der Waals surface area contributed by atoms with Gasteiger partial charge in [-0.3, -0.25) is 4.68 Å². The summed E-state index contributed by atoms with van der Waals surface area (Å²) in [7, 11) is 3.14. The SMILES string of the molecule is CCCn1nc(-c2cc(OC)ccc2OC)cc1C(=O)O. The van der Waals surface area contributed by atoms with E-state index in [2.05, 4.69) is 5.10 Å². The number of carboxylic acid groups (broad SMARTS) is 1. The molecule has 0 unspecified atom stereocenters. The van der Waals surface area contributed by atoms with Gasteiger partial charge in [-0.2, -0.15) is 5.10 Å². The first-order chi connectivity index (χ1) is 10.1. The average Bonchev–Trinajstić information content (AvgIpc) is 2.91. The van der Waals surface area contributed by atoms with E-state index in [0.29, 0.717) is 29.3 Å². The van der Waals surface area contributed by atoms with Crippen LogP contribution in [0.3, 0.4) is 0 Å². The molecule has 21 heavy (non-hydrogen) atoms. The van der Waals surface area contributed by atoms with E-state index in [1.807, 2.05) is 6.92 Å². The second-order valence-corrected chi connectivity index (χ2v) is 4.51. The lowest BCUT2D eigenvalue weighted by Gasteiger charge is -2.08. The van der Waals surface area contributed by atoms with Gasteiger partial charge in [0.25, 0.3) is 0 Å².